The predicted octanol–water partition coefficient (Wildman–Crippen LogP) is 2.11. The summed E-state index contributed by atoms with van der Waals surface area (Å²) >= 11 is 0. The number of hydrogen-bond acceptors (Lipinski definition) is 3. The van der Waals surface area contributed by atoms with Crippen LogP contribution in [0.5, 0.6) is 0 Å². The number of amides is 1. The van der Waals surface area contributed by atoms with Crippen molar-refractivity contribution in [2.75, 3.05) is 13.1 Å². The minimum atomic E-state index is -0.133. The third kappa shape index (κ3) is 2.89. The van der Waals surface area contributed by atoms with Crippen molar-refractivity contribution in [1.82, 2.24) is 14.5 Å². The maximum Gasteiger partial charge on any atom is 0.261 e. The van der Waals surface area contributed by atoms with Gasteiger partial charge in [-0.3, -0.25) is 14.2 Å². The predicted molar refractivity (Wildman–Crippen MR) is 85.8 cm³/mol. The first-order valence-corrected chi connectivity index (χ1v) is 7.91. The van der Waals surface area contributed by atoms with Crippen molar-refractivity contribution in [3.63, 3.8) is 0 Å². The Hall–Kier alpha value is -2.17. The Labute approximate surface area is 129 Å². The van der Waals surface area contributed by atoms with Crippen molar-refractivity contribution in [1.29, 1.82) is 0 Å². The average Bonchev–Trinajstić information content (AvgIpc) is 2.80. The summed E-state index contributed by atoms with van der Waals surface area (Å²) in [5.74, 6) is 0.607. The van der Waals surface area contributed by atoms with Crippen LogP contribution in [0, 0.1) is 6.92 Å². The molecule has 1 saturated heterocycles. The van der Waals surface area contributed by atoms with Crippen LogP contribution in [0.4, 0.5) is 0 Å². The van der Waals surface area contributed by atoms with Gasteiger partial charge in [0.25, 0.3) is 5.56 Å². The molecule has 22 heavy (non-hydrogen) atoms. The standard InChI is InChI=1S/C17H21N3O2/c1-13-18-15-9-5-4-8-14(15)17(22)20(13)12-16(21)19-10-6-2-3-7-11-19/h4-5,8-9H,2-3,6-7,10-12H2,1H3. The molecule has 5 heteroatoms. The van der Waals surface area contributed by atoms with Crippen LogP contribution in [0.3, 0.4) is 0 Å². The number of carbonyl (C=O) groups is 1. The van der Waals surface area contributed by atoms with Crippen molar-refractivity contribution >= 4 is 16.8 Å². The molecule has 3 rings (SSSR count). The van der Waals surface area contributed by atoms with Gasteiger partial charge in [-0.05, 0) is 31.9 Å². The fourth-order valence-electron chi connectivity index (χ4n) is 3.02. The van der Waals surface area contributed by atoms with Gasteiger partial charge in [-0.2, -0.15) is 0 Å². The molecule has 0 saturated carbocycles. The SMILES string of the molecule is Cc1nc2ccccc2c(=O)n1CC(=O)N1CCCCCC1. The monoisotopic (exact) mass is 299 g/mol. The minimum Gasteiger partial charge on any atom is -0.341 e. The van der Waals surface area contributed by atoms with E-state index in [1.807, 2.05) is 23.1 Å². The lowest BCUT2D eigenvalue weighted by atomic mass is 10.2. The van der Waals surface area contributed by atoms with Crippen molar-refractivity contribution < 1.29 is 4.79 Å². The van der Waals surface area contributed by atoms with Crippen LogP contribution in [0.2, 0.25) is 0 Å². The molecule has 5 nitrogen and oxygen atoms in total. The summed E-state index contributed by atoms with van der Waals surface area (Å²) in [7, 11) is 0. The van der Waals surface area contributed by atoms with Crippen LogP contribution in [-0.4, -0.2) is 33.4 Å². The van der Waals surface area contributed by atoms with Gasteiger partial charge in [0.2, 0.25) is 5.91 Å². The Morgan fingerprint density at radius 1 is 1.14 bits per heavy atom. The molecular weight excluding hydrogens is 278 g/mol. The number of aryl methyl sites for hydroxylation is 1. The fourth-order valence-corrected chi connectivity index (χ4v) is 3.02. The molecule has 1 fully saturated rings. The maximum atomic E-state index is 12.6. The van der Waals surface area contributed by atoms with Crippen molar-refractivity contribution in [2.24, 2.45) is 0 Å². The van der Waals surface area contributed by atoms with E-state index in [2.05, 4.69) is 4.98 Å². The summed E-state index contributed by atoms with van der Waals surface area (Å²) in [4.78, 5) is 31.4. The molecular formula is C17H21N3O2. The molecule has 0 spiro atoms. The average molecular weight is 299 g/mol. The Morgan fingerprint density at radius 3 is 2.55 bits per heavy atom. The molecule has 0 unspecified atom stereocenters. The number of aromatic nitrogens is 2. The van der Waals surface area contributed by atoms with Crippen LogP contribution in [-0.2, 0) is 11.3 Å². The van der Waals surface area contributed by atoms with Gasteiger partial charge >= 0.3 is 0 Å². The van der Waals surface area contributed by atoms with Gasteiger partial charge in [0.05, 0.1) is 10.9 Å². The third-order valence-corrected chi connectivity index (χ3v) is 4.30. The number of benzene rings is 1. The Balaban J connectivity index is 1.90. The smallest absolute Gasteiger partial charge is 0.261 e. The van der Waals surface area contributed by atoms with E-state index in [1.54, 1.807) is 13.0 Å². The number of carbonyl (C=O) groups excluding carboxylic acids is 1. The molecule has 1 aromatic carbocycles. The Kier molecular flexibility index (Phi) is 4.22. The molecule has 0 N–H and O–H groups in total. The molecule has 2 heterocycles. The minimum absolute atomic E-state index is 0.0178. The van der Waals surface area contributed by atoms with Crippen LogP contribution in [0.15, 0.2) is 29.1 Å². The summed E-state index contributed by atoms with van der Waals surface area (Å²) in [6, 6.07) is 7.27. The number of nitrogens with zero attached hydrogens (tertiary/aromatic N) is 3. The second-order valence-corrected chi connectivity index (χ2v) is 5.86. The normalized spacial score (nSPS) is 15.8. The highest BCUT2D eigenvalue weighted by atomic mass is 16.2. The van der Waals surface area contributed by atoms with Gasteiger partial charge in [-0.1, -0.05) is 25.0 Å². The first kappa shape index (κ1) is 14.8. The van der Waals surface area contributed by atoms with Gasteiger partial charge in [-0.15, -0.1) is 0 Å². The van der Waals surface area contributed by atoms with E-state index in [0.29, 0.717) is 16.7 Å². The summed E-state index contributed by atoms with van der Waals surface area (Å²) in [5, 5.41) is 0.566. The summed E-state index contributed by atoms with van der Waals surface area (Å²) < 4.78 is 1.50. The highest BCUT2D eigenvalue weighted by molar-refractivity contribution is 5.79. The van der Waals surface area contributed by atoms with Crippen molar-refractivity contribution in [3.05, 3.63) is 40.4 Å². The summed E-state index contributed by atoms with van der Waals surface area (Å²) in [6.07, 6.45) is 4.46. The summed E-state index contributed by atoms with van der Waals surface area (Å²) in [6.45, 7) is 3.47. The zero-order valence-electron chi connectivity index (χ0n) is 12.9. The molecule has 0 bridgehead atoms. The van der Waals surface area contributed by atoms with E-state index in [-0.39, 0.29) is 18.0 Å². The van der Waals surface area contributed by atoms with E-state index >= 15 is 0 Å². The van der Waals surface area contributed by atoms with Crippen LogP contribution in [0.25, 0.3) is 10.9 Å². The van der Waals surface area contributed by atoms with Crippen LogP contribution < -0.4 is 5.56 Å². The molecule has 1 aromatic heterocycles. The zero-order chi connectivity index (χ0) is 15.5. The van der Waals surface area contributed by atoms with Gasteiger partial charge in [0.15, 0.2) is 0 Å². The molecule has 0 radical (unpaired) electrons. The lowest BCUT2D eigenvalue weighted by molar-refractivity contribution is -0.131. The number of fused-ring (bicyclic) bond motifs is 1. The van der Waals surface area contributed by atoms with Gasteiger partial charge in [0, 0.05) is 13.1 Å². The molecule has 1 aliphatic heterocycles. The number of para-hydroxylation sites is 1. The van der Waals surface area contributed by atoms with E-state index in [0.717, 1.165) is 25.9 Å². The first-order valence-electron chi connectivity index (χ1n) is 7.91. The highest BCUT2D eigenvalue weighted by Crippen LogP contribution is 2.11. The largest absolute Gasteiger partial charge is 0.341 e. The van der Waals surface area contributed by atoms with E-state index in [1.165, 1.54) is 17.4 Å². The summed E-state index contributed by atoms with van der Waals surface area (Å²) in [5.41, 5.74) is 0.551. The number of rotatable bonds is 2. The van der Waals surface area contributed by atoms with Gasteiger partial charge in [0.1, 0.15) is 12.4 Å². The Morgan fingerprint density at radius 2 is 1.82 bits per heavy atom. The van der Waals surface area contributed by atoms with E-state index < -0.39 is 0 Å². The second-order valence-electron chi connectivity index (χ2n) is 5.86. The maximum absolute atomic E-state index is 12.6. The van der Waals surface area contributed by atoms with Gasteiger partial charge < -0.3 is 4.90 Å². The highest BCUT2D eigenvalue weighted by Gasteiger charge is 2.18. The molecule has 0 atom stereocenters. The molecule has 1 aliphatic rings. The lowest BCUT2D eigenvalue weighted by Gasteiger charge is -2.21. The fraction of sp³-hybridized carbons (Fsp3) is 0.471. The van der Waals surface area contributed by atoms with Crippen molar-refractivity contribution in [2.45, 2.75) is 39.2 Å². The third-order valence-electron chi connectivity index (χ3n) is 4.30. The van der Waals surface area contributed by atoms with E-state index in [9.17, 15) is 9.59 Å². The lowest BCUT2D eigenvalue weighted by Crippen LogP contribution is -2.38. The molecule has 2 aromatic rings. The number of hydrogen-bond donors (Lipinski definition) is 0. The Bertz CT molecular complexity index is 743. The molecule has 116 valence electrons. The van der Waals surface area contributed by atoms with Crippen LogP contribution in [0.1, 0.15) is 31.5 Å². The quantitative estimate of drug-likeness (QED) is 0.853. The van der Waals surface area contributed by atoms with Crippen molar-refractivity contribution in [3.8, 4) is 0 Å². The molecule has 0 aliphatic carbocycles. The van der Waals surface area contributed by atoms with E-state index in [4.69, 9.17) is 0 Å². The molecule has 1 amide bonds. The van der Waals surface area contributed by atoms with Gasteiger partial charge in [-0.25, -0.2) is 4.98 Å². The van der Waals surface area contributed by atoms with Crippen LogP contribution >= 0.6 is 0 Å². The first-order chi connectivity index (χ1) is 10.7. The zero-order valence-corrected chi connectivity index (χ0v) is 12.9. The number of likely N-dealkylation sites (tertiary alicyclic amines) is 1. The topological polar surface area (TPSA) is 55.2 Å². The second kappa shape index (κ2) is 6.30.